The van der Waals surface area contributed by atoms with Crippen molar-refractivity contribution in [2.75, 3.05) is 32.7 Å². The Morgan fingerprint density at radius 3 is 2.54 bits per heavy atom. The van der Waals surface area contributed by atoms with E-state index in [1.54, 1.807) is 0 Å². The molecule has 8 heteroatoms. The quantitative estimate of drug-likeness (QED) is 0.754. The van der Waals surface area contributed by atoms with Crippen LogP contribution in [0.1, 0.15) is 23.4 Å². The van der Waals surface area contributed by atoms with Gasteiger partial charge < -0.3 is 20.1 Å². The van der Waals surface area contributed by atoms with Crippen LogP contribution in [0.4, 0.5) is 4.79 Å². The summed E-state index contributed by atoms with van der Waals surface area (Å²) in [5.41, 5.74) is 1.91. The van der Waals surface area contributed by atoms with Crippen LogP contribution in [0.3, 0.4) is 0 Å². The van der Waals surface area contributed by atoms with Gasteiger partial charge in [0, 0.05) is 51.8 Å². The normalized spacial score (nSPS) is 14.7. The number of urea groups is 1. The first-order valence-corrected chi connectivity index (χ1v) is 9.58. The lowest BCUT2D eigenvalue weighted by molar-refractivity contribution is -0.132. The third-order valence-corrected chi connectivity index (χ3v) is 4.70. The molecule has 2 aromatic rings. The van der Waals surface area contributed by atoms with Crippen LogP contribution in [0.25, 0.3) is 0 Å². The molecule has 0 spiro atoms. The van der Waals surface area contributed by atoms with Gasteiger partial charge in [-0.15, -0.1) is 0 Å². The van der Waals surface area contributed by atoms with Gasteiger partial charge in [-0.05, 0) is 12.5 Å². The van der Waals surface area contributed by atoms with Gasteiger partial charge in [0.05, 0.1) is 12.2 Å². The Hall–Kier alpha value is -2.87. The van der Waals surface area contributed by atoms with Crippen LogP contribution in [0.15, 0.2) is 40.9 Å². The van der Waals surface area contributed by atoms with Crippen molar-refractivity contribution < 1.29 is 14.1 Å². The zero-order valence-corrected chi connectivity index (χ0v) is 16.2. The second-order valence-electron chi connectivity index (χ2n) is 6.94. The van der Waals surface area contributed by atoms with Gasteiger partial charge in [-0.25, -0.2) is 4.79 Å². The second-order valence-corrected chi connectivity index (χ2v) is 6.94. The topological polar surface area (TPSA) is 90.7 Å². The van der Waals surface area contributed by atoms with Crippen molar-refractivity contribution in [1.82, 2.24) is 25.6 Å². The molecule has 8 nitrogen and oxygen atoms in total. The van der Waals surface area contributed by atoms with E-state index in [1.807, 2.05) is 48.2 Å². The van der Waals surface area contributed by atoms with Gasteiger partial charge in [-0.1, -0.05) is 35.5 Å². The molecular weight excluding hydrogens is 358 g/mol. The van der Waals surface area contributed by atoms with E-state index >= 15 is 0 Å². The predicted molar refractivity (Wildman–Crippen MR) is 104 cm³/mol. The first-order chi connectivity index (χ1) is 13.6. The molecule has 150 valence electrons. The highest BCUT2D eigenvalue weighted by Crippen LogP contribution is 2.10. The molecule has 1 aliphatic rings. The smallest absolute Gasteiger partial charge is 0.315 e. The second kappa shape index (κ2) is 9.89. The van der Waals surface area contributed by atoms with Gasteiger partial charge >= 0.3 is 6.03 Å². The number of nitrogens with zero attached hydrogens (tertiary/aromatic N) is 3. The Morgan fingerprint density at radius 1 is 1.11 bits per heavy atom. The minimum absolute atomic E-state index is 0.0681. The van der Waals surface area contributed by atoms with Gasteiger partial charge in [0.1, 0.15) is 0 Å². The van der Waals surface area contributed by atoms with Crippen molar-refractivity contribution >= 4 is 11.9 Å². The molecule has 1 saturated heterocycles. The van der Waals surface area contributed by atoms with Crippen LogP contribution >= 0.6 is 0 Å². The molecule has 1 aromatic heterocycles. The number of hydrogen-bond acceptors (Lipinski definition) is 5. The van der Waals surface area contributed by atoms with E-state index in [0.29, 0.717) is 39.1 Å². The van der Waals surface area contributed by atoms with Crippen LogP contribution in [-0.4, -0.2) is 59.6 Å². The zero-order valence-electron chi connectivity index (χ0n) is 16.2. The summed E-state index contributed by atoms with van der Waals surface area (Å²) in [4.78, 5) is 28.3. The molecule has 28 heavy (non-hydrogen) atoms. The van der Waals surface area contributed by atoms with E-state index in [2.05, 4.69) is 20.7 Å². The molecule has 1 aliphatic heterocycles. The molecule has 0 saturated carbocycles. The van der Waals surface area contributed by atoms with E-state index in [1.165, 1.54) is 0 Å². The van der Waals surface area contributed by atoms with Crippen molar-refractivity contribution in [3.63, 3.8) is 0 Å². The number of rotatable bonds is 7. The number of carbonyl (C=O) groups excluding carboxylic acids is 2. The minimum Gasteiger partial charge on any atom is -0.360 e. The molecule has 1 aromatic carbocycles. The van der Waals surface area contributed by atoms with Crippen molar-refractivity contribution in [2.24, 2.45) is 0 Å². The summed E-state index contributed by atoms with van der Waals surface area (Å²) in [6.07, 6.45) is 0.306. The number of nitrogens with one attached hydrogen (secondary N) is 2. The third kappa shape index (κ3) is 6.09. The lowest BCUT2D eigenvalue weighted by Gasteiger charge is -2.34. The molecule has 2 N–H and O–H groups in total. The van der Waals surface area contributed by atoms with E-state index in [-0.39, 0.29) is 11.9 Å². The van der Waals surface area contributed by atoms with E-state index in [0.717, 1.165) is 30.1 Å². The Balaban J connectivity index is 1.29. The Labute approximate surface area is 164 Å². The summed E-state index contributed by atoms with van der Waals surface area (Å²) < 4.78 is 5.25. The number of aryl methyl sites for hydroxylation is 1. The van der Waals surface area contributed by atoms with Crippen LogP contribution < -0.4 is 10.6 Å². The monoisotopic (exact) mass is 385 g/mol. The molecule has 0 aliphatic carbocycles. The Bertz CT molecular complexity index is 769. The van der Waals surface area contributed by atoms with Gasteiger partial charge in [0.25, 0.3) is 0 Å². The number of aromatic nitrogens is 1. The molecule has 0 atom stereocenters. The first kappa shape index (κ1) is 19.9. The number of hydrogen-bond donors (Lipinski definition) is 2. The highest BCUT2D eigenvalue weighted by molar-refractivity contribution is 5.78. The lowest BCUT2D eigenvalue weighted by Crippen LogP contribution is -2.49. The summed E-state index contributed by atoms with van der Waals surface area (Å²) >= 11 is 0. The maximum Gasteiger partial charge on any atom is 0.315 e. The predicted octanol–water partition coefficient (Wildman–Crippen LogP) is 1.52. The lowest BCUT2D eigenvalue weighted by atomic mass is 10.2. The van der Waals surface area contributed by atoms with Gasteiger partial charge in [-0.2, -0.15) is 0 Å². The average Bonchev–Trinajstić information content (AvgIpc) is 3.12. The molecule has 3 amide bonds. The highest BCUT2D eigenvalue weighted by atomic mass is 16.5. The fourth-order valence-corrected chi connectivity index (χ4v) is 3.15. The van der Waals surface area contributed by atoms with Crippen LogP contribution in [0, 0.1) is 6.92 Å². The van der Waals surface area contributed by atoms with Crippen LogP contribution in [0.5, 0.6) is 0 Å². The molecule has 3 rings (SSSR count). The maximum atomic E-state index is 12.3. The van der Waals surface area contributed by atoms with E-state index in [4.69, 9.17) is 4.52 Å². The largest absolute Gasteiger partial charge is 0.360 e. The van der Waals surface area contributed by atoms with E-state index in [9.17, 15) is 9.59 Å². The fraction of sp³-hybridized carbons (Fsp3) is 0.450. The molecule has 0 bridgehead atoms. The van der Waals surface area contributed by atoms with Crippen LogP contribution in [0.2, 0.25) is 0 Å². The number of carbonyl (C=O) groups is 2. The Morgan fingerprint density at radius 2 is 1.86 bits per heavy atom. The summed E-state index contributed by atoms with van der Waals surface area (Å²) in [6, 6.07) is 11.4. The van der Waals surface area contributed by atoms with Gasteiger partial charge in [-0.3, -0.25) is 9.69 Å². The number of benzene rings is 1. The van der Waals surface area contributed by atoms with Crippen molar-refractivity contribution in [3.05, 3.63) is 53.4 Å². The molecule has 2 heterocycles. The fourth-order valence-electron chi connectivity index (χ4n) is 3.15. The molecule has 0 radical (unpaired) electrons. The van der Waals surface area contributed by atoms with E-state index < -0.39 is 0 Å². The molecular formula is C20H27N5O3. The Kier molecular flexibility index (Phi) is 7.02. The van der Waals surface area contributed by atoms with Crippen LogP contribution in [-0.2, 0) is 17.9 Å². The molecule has 0 unspecified atom stereocenters. The van der Waals surface area contributed by atoms with Crippen molar-refractivity contribution in [1.29, 1.82) is 0 Å². The average molecular weight is 385 g/mol. The maximum absolute atomic E-state index is 12.3. The number of piperazine rings is 1. The first-order valence-electron chi connectivity index (χ1n) is 9.58. The minimum atomic E-state index is -0.260. The van der Waals surface area contributed by atoms with Gasteiger partial charge in [0.2, 0.25) is 5.91 Å². The van der Waals surface area contributed by atoms with Gasteiger partial charge in [0.15, 0.2) is 5.76 Å². The highest BCUT2D eigenvalue weighted by Gasteiger charge is 2.21. The molecule has 1 fully saturated rings. The third-order valence-electron chi connectivity index (χ3n) is 4.70. The van der Waals surface area contributed by atoms with Crippen molar-refractivity contribution in [2.45, 2.75) is 26.4 Å². The standard InChI is InChI=1S/C20H27N5O3/c1-16-13-18(28-23-16)15-24-9-11-25(12-10-24)19(26)7-8-21-20(27)22-14-17-5-3-2-4-6-17/h2-6,13H,7-12,14-15H2,1H3,(H2,21,22,27). The summed E-state index contributed by atoms with van der Waals surface area (Å²) in [6.45, 7) is 6.39. The summed E-state index contributed by atoms with van der Waals surface area (Å²) in [7, 11) is 0. The summed E-state index contributed by atoms with van der Waals surface area (Å²) in [5, 5.41) is 9.42. The zero-order chi connectivity index (χ0) is 19.8. The number of amides is 3. The SMILES string of the molecule is Cc1cc(CN2CCN(C(=O)CCNC(=O)NCc3ccccc3)CC2)on1. The summed E-state index contributed by atoms with van der Waals surface area (Å²) in [5.74, 6) is 0.918. The van der Waals surface area contributed by atoms with Crippen molar-refractivity contribution in [3.8, 4) is 0 Å².